The minimum atomic E-state index is -3.34. The van der Waals surface area contributed by atoms with E-state index in [1.165, 1.54) is 11.8 Å². The summed E-state index contributed by atoms with van der Waals surface area (Å²) >= 11 is 0. The molecule has 7 nitrogen and oxygen atoms in total. The largest absolute Gasteiger partial charge is 0.304 e. The summed E-state index contributed by atoms with van der Waals surface area (Å²) in [5, 5.41) is 0. The maximum absolute atomic E-state index is 13.5. The first kappa shape index (κ1) is 23.2. The number of nitrogens with zero attached hydrogens (tertiary/aromatic N) is 3. The lowest BCUT2D eigenvalue weighted by Gasteiger charge is -2.25. The number of aromatic nitrogens is 1. The SMILES string of the molecule is CC(=O)N(c1ccc(S(=O)(=O)CC2CC2)cc1)c1cccc(C(=O)N(c2cccnc2)C2CC2)c1. The van der Waals surface area contributed by atoms with Gasteiger partial charge in [0.05, 0.1) is 22.5 Å². The molecule has 0 radical (unpaired) electrons. The number of carbonyl (C=O) groups is 2. The number of pyridine rings is 1. The van der Waals surface area contributed by atoms with Gasteiger partial charge in [0.2, 0.25) is 5.91 Å². The summed E-state index contributed by atoms with van der Waals surface area (Å²) in [5.41, 5.74) is 2.29. The Morgan fingerprint density at radius 1 is 0.914 bits per heavy atom. The van der Waals surface area contributed by atoms with Crippen LogP contribution in [-0.2, 0) is 14.6 Å². The van der Waals surface area contributed by atoms with E-state index >= 15 is 0 Å². The highest BCUT2D eigenvalue weighted by atomic mass is 32.2. The maximum atomic E-state index is 13.5. The minimum Gasteiger partial charge on any atom is -0.304 e. The highest BCUT2D eigenvalue weighted by Gasteiger charge is 2.34. The van der Waals surface area contributed by atoms with Crippen molar-refractivity contribution in [1.29, 1.82) is 0 Å². The van der Waals surface area contributed by atoms with Crippen molar-refractivity contribution in [2.75, 3.05) is 15.6 Å². The van der Waals surface area contributed by atoms with E-state index in [0.29, 0.717) is 16.9 Å². The third-order valence-electron chi connectivity index (χ3n) is 6.33. The quantitative estimate of drug-likeness (QED) is 0.455. The molecular weight excluding hydrogens is 462 g/mol. The third-order valence-corrected chi connectivity index (χ3v) is 8.23. The molecule has 0 unspecified atom stereocenters. The fourth-order valence-corrected chi connectivity index (χ4v) is 5.94. The first-order valence-corrected chi connectivity index (χ1v) is 13.5. The topological polar surface area (TPSA) is 87.7 Å². The molecule has 5 rings (SSSR count). The zero-order valence-corrected chi connectivity index (χ0v) is 20.3. The number of hydrogen-bond acceptors (Lipinski definition) is 5. The van der Waals surface area contributed by atoms with E-state index in [4.69, 9.17) is 0 Å². The minimum absolute atomic E-state index is 0.143. The van der Waals surface area contributed by atoms with Crippen LogP contribution >= 0.6 is 0 Å². The molecule has 1 aromatic heterocycles. The molecule has 0 aliphatic heterocycles. The van der Waals surface area contributed by atoms with Crippen LogP contribution in [0.3, 0.4) is 0 Å². The van der Waals surface area contributed by atoms with E-state index in [2.05, 4.69) is 4.98 Å². The van der Waals surface area contributed by atoms with Crippen molar-refractivity contribution in [1.82, 2.24) is 4.98 Å². The van der Waals surface area contributed by atoms with Gasteiger partial charge in [0.1, 0.15) is 0 Å². The summed E-state index contributed by atoms with van der Waals surface area (Å²) in [7, 11) is -3.34. The molecule has 0 spiro atoms. The number of carbonyl (C=O) groups excluding carboxylic acids is 2. The van der Waals surface area contributed by atoms with Crippen molar-refractivity contribution in [2.45, 2.75) is 43.5 Å². The van der Waals surface area contributed by atoms with Crippen LogP contribution in [0.2, 0.25) is 0 Å². The Morgan fingerprint density at radius 2 is 1.63 bits per heavy atom. The van der Waals surface area contributed by atoms with Gasteiger partial charge < -0.3 is 4.90 Å². The van der Waals surface area contributed by atoms with E-state index < -0.39 is 9.84 Å². The molecule has 1 heterocycles. The summed E-state index contributed by atoms with van der Waals surface area (Å²) in [4.78, 5) is 33.8. The molecule has 0 saturated heterocycles. The van der Waals surface area contributed by atoms with Crippen LogP contribution in [0, 0.1) is 5.92 Å². The summed E-state index contributed by atoms with van der Waals surface area (Å²) < 4.78 is 25.2. The Labute approximate surface area is 205 Å². The van der Waals surface area contributed by atoms with E-state index in [1.807, 2.05) is 6.07 Å². The van der Waals surface area contributed by atoms with Crippen LogP contribution < -0.4 is 9.80 Å². The van der Waals surface area contributed by atoms with Gasteiger partial charge in [-0.1, -0.05) is 6.07 Å². The lowest BCUT2D eigenvalue weighted by molar-refractivity contribution is -0.115. The van der Waals surface area contributed by atoms with Crippen LogP contribution in [0.5, 0.6) is 0 Å². The molecule has 0 atom stereocenters. The Kier molecular flexibility index (Phi) is 6.15. The predicted molar refractivity (Wildman–Crippen MR) is 135 cm³/mol. The number of rotatable bonds is 8. The Bertz CT molecular complexity index is 1350. The fraction of sp³-hybridized carbons (Fsp3) is 0.296. The van der Waals surface area contributed by atoms with Gasteiger partial charge in [0, 0.05) is 36.1 Å². The van der Waals surface area contributed by atoms with Gasteiger partial charge in [-0.15, -0.1) is 0 Å². The smallest absolute Gasteiger partial charge is 0.258 e. The summed E-state index contributed by atoms with van der Waals surface area (Å²) in [6, 6.07) is 17.2. The van der Waals surface area contributed by atoms with Crippen molar-refractivity contribution in [3.63, 3.8) is 0 Å². The molecule has 2 aliphatic rings. The number of anilines is 3. The second-order valence-corrected chi connectivity index (χ2v) is 11.3. The predicted octanol–water partition coefficient (Wildman–Crippen LogP) is 4.76. The van der Waals surface area contributed by atoms with Crippen molar-refractivity contribution >= 4 is 38.7 Å². The fourth-order valence-electron chi connectivity index (χ4n) is 4.25. The maximum Gasteiger partial charge on any atom is 0.258 e. The average Bonchev–Trinajstić information content (AvgIpc) is 3.77. The lowest BCUT2D eigenvalue weighted by atomic mass is 10.1. The molecular formula is C27H27N3O4S. The molecule has 2 aliphatic carbocycles. The van der Waals surface area contributed by atoms with Crippen molar-refractivity contribution < 1.29 is 18.0 Å². The standard InChI is InChI=1S/C27H27N3O4S/c1-19(31)29(22-11-13-26(14-12-22)35(33,34)18-20-7-8-20)24-5-2-4-21(16-24)27(32)30(23-9-10-23)25-6-3-15-28-17-25/h2-6,11-17,20,23H,7-10,18H2,1H3. The Hall–Kier alpha value is -3.52. The zero-order valence-electron chi connectivity index (χ0n) is 19.5. The number of benzene rings is 2. The van der Waals surface area contributed by atoms with Crippen LogP contribution in [0.1, 0.15) is 43.0 Å². The molecule has 2 aromatic carbocycles. The van der Waals surface area contributed by atoms with Crippen molar-refractivity contribution in [3.8, 4) is 0 Å². The van der Waals surface area contributed by atoms with Crippen molar-refractivity contribution in [2.24, 2.45) is 5.92 Å². The highest BCUT2D eigenvalue weighted by molar-refractivity contribution is 7.91. The Morgan fingerprint density at radius 3 is 2.23 bits per heavy atom. The van der Waals surface area contributed by atoms with Gasteiger partial charge in [0.25, 0.3) is 5.91 Å². The molecule has 35 heavy (non-hydrogen) atoms. The summed E-state index contributed by atoms with van der Waals surface area (Å²) in [6.07, 6.45) is 7.16. The molecule has 0 bridgehead atoms. The molecule has 180 valence electrons. The van der Waals surface area contributed by atoms with Crippen LogP contribution in [0.4, 0.5) is 17.1 Å². The van der Waals surface area contributed by atoms with Crippen molar-refractivity contribution in [3.05, 3.63) is 78.6 Å². The first-order chi connectivity index (χ1) is 16.8. The molecule has 8 heteroatoms. The van der Waals surface area contributed by atoms with Gasteiger partial charge in [-0.2, -0.15) is 0 Å². The van der Waals surface area contributed by atoms with Gasteiger partial charge in [-0.05, 0) is 86.2 Å². The van der Waals surface area contributed by atoms with Crippen LogP contribution in [0.25, 0.3) is 0 Å². The van der Waals surface area contributed by atoms with Gasteiger partial charge in [-0.3, -0.25) is 19.5 Å². The first-order valence-electron chi connectivity index (χ1n) is 11.8. The number of amides is 2. The van der Waals surface area contributed by atoms with Gasteiger partial charge in [-0.25, -0.2) is 8.42 Å². The summed E-state index contributed by atoms with van der Waals surface area (Å²) in [5.74, 6) is 0.0406. The number of sulfone groups is 1. The van der Waals surface area contributed by atoms with Crippen LogP contribution in [-0.4, -0.2) is 37.0 Å². The monoisotopic (exact) mass is 489 g/mol. The third kappa shape index (κ3) is 5.12. The zero-order chi connectivity index (χ0) is 24.6. The van der Waals surface area contributed by atoms with E-state index in [0.717, 1.165) is 31.4 Å². The molecule has 0 N–H and O–H groups in total. The lowest BCUT2D eigenvalue weighted by Crippen LogP contribution is -2.33. The summed E-state index contributed by atoms with van der Waals surface area (Å²) in [6.45, 7) is 1.44. The molecule has 2 saturated carbocycles. The highest BCUT2D eigenvalue weighted by Crippen LogP contribution is 2.35. The van der Waals surface area contributed by atoms with Gasteiger partial charge >= 0.3 is 0 Å². The van der Waals surface area contributed by atoms with E-state index in [9.17, 15) is 18.0 Å². The number of hydrogen-bond donors (Lipinski definition) is 0. The Balaban J connectivity index is 1.43. The second kappa shape index (κ2) is 9.26. The van der Waals surface area contributed by atoms with E-state index in [1.54, 1.807) is 71.9 Å². The van der Waals surface area contributed by atoms with Crippen LogP contribution in [0.15, 0.2) is 78.0 Å². The van der Waals surface area contributed by atoms with Gasteiger partial charge in [0.15, 0.2) is 9.84 Å². The molecule has 3 aromatic rings. The molecule has 2 fully saturated rings. The average molecular weight is 490 g/mol. The normalized spacial score (nSPS) is 15.5. The molecule has 2 amide bonds. The van der Waals surface area contributed by atoms with E-state index in [-0.39, 0.29) is 34.4 Å². The second-order valence-electron chi connectivity index (χ2n) is 9.24.